The molecule has 0 fully saturated rings. The molecule has 0 aliphatic carbocycles. The van der Waals surface area contributed by atoms with Crippen molar-refractivity contribution in [2.75, 3.05) is 18.9 Å². The fourth-order valence-corrected chi connectivity index (χ4v) is 2.74. The van der Waals surface area contributed by atoms with Crippen LogP contribution in [0, 0.1) is 12.7 Å². The Morgan fingerprint density at radius 3 is 2.71 bits per heavy atom. The van der Waals surface area contributed by atoms with E-state index in [0.29, 0.717) is 10.6 Å². The first-order valence-corrected chi connectivity index (χ1v) is 7.20. The third-order valence-corrected chi connectivity index (χ3v) is 3.90. The van der Waals surface area contributed by atoms with Crippen molar-refractivity contribution in [1.29, 1.82) is 0 Å². The number of likely N-dealkylation sites (N-methyl/N-ethyl adjacent to an activating group) is 1. The van der Waals surface area contributed by atoms with Gasteiger partial charge < -0.3 is 10.2 Å². The van der Waals surface area contributed by atoms with E-state index in [1.165, 1.54) is 34.4 Å². The zero-order valence-corrected chi connectivity index (χ0v) is 12.5. The van der Waals surface area contributed by atoms with Gasteiger partial charge in [-0.3, -0.25) is 9.59 Å². The summed E-state index contributed by atoms with van der Waals surface area (Å²) in [6.45, 7) is 1.76. The van der Waals surface area contributed by atoms with Crippen LogP contribution < -0.4 is 5.32 Å². The molecule has 110 valence electrons. The van der Waals surface area contributed by atoms with Gasteiger partial charge in [-0.15, -0.1) is 11.3 Å². The summed E-state index contributed by atoms with van der Waals surface area (Å²) >= 11 is 1.35. The number of carbonyl (C=O) groups is 2. The highest BCUT2D eigenvalue weighted by Crippen LogP contribution is 2.17. The maximum absolute atomic E-state index is 13.0. The minimum atomic E-state index is -0.425. The predicted octanol–water partition coefficient (Wildman–Crippen LogP) is 2.91. The summed E-state index contributed by atoms with van der Waals surface area (Å²) in [7, 11) is 1.56. The van der Waals surface area contributed by atoms with Gasteiger partial charge in [0.25, 0.3) is 5.91 Å². The zero-order chi connectivity index (χ0) is 15.4. The number of nitrogens with one attached hydrogen (secondary N) is 1. The normalized spacial score (nSPS) is 10.2. The number of aryl methyl sites for hydroxylation is 1. The van der Waals surface area contributed by atoms with Crippen molar-refractivity contribution < 1.29 is 14.0 Å². The fourth-order valence-electron chi connectivity index (χ4n) is 1.82. The highest BCUT2D eigenvalue weighted by molar-refractivity contribution is 7.12. The van der Waals surface area contributed by atoms with Gasteiger partial charge in [-0.2, -0.15) is 0 Å². The van der Waals surface area contributed by atoms with Gasteiger partial charge in [-0.25, -0.2) is 4.39 Å². The molecule has 0 radical (unpaired) electrons. The van der Waals surface area contributed by atoms with E-state index < -0.39 is 5.82 Å². The fraction of sp³-hybridized carbons (Fsp3) is 0.200. The van der Waals surface area contributed by atoms with E-state index in [0.717, 1.165) is 5.56 Å². The molecule has 1 heterocycles. The van der Waals surface area contributed by atoms with Crippen molar-refractivity contribution in [2.45, 2.75) is 6.92 Å². The van der Waals surface area contributed by atoms with Gasteiger partial charge in [0.1, 0.15) is 5.82 Å². The van der Waals surface area contributed by atoms with E-state index in [4.69, 9.17) is 0 Å². The Kier molecular flexibility index (Phi) is 4.70. The molecule has 0 atom stereocenters. The van der Waals surface area contributed by atoms with Crippen LogP contribution in [0.25, 0.3) is 0 Å². The molecule has 6 heteroatoms. The number of thiophene rings is 1. The Morgan fingerprint density at radius 1 is 1.33 bits per heavy atom. The average molecular weight is 306 g/mol. The number of halogens is 1. The quantitative estimate of drug-likeness (QED) is 0.944. The van der Waals surface area contributed by atoms with E-state index in [1.807, 2.05) is 18.4 Å². The molecule has 2 amide bonds. The third-order valence-electron chi connectivity index (χ3n) is 2.89. The van der Waals surface area contributed by atoms with Gasteiger partial charge in [0.05, 0.1) is 11.4 Å². The molecule has 21 heavy (non-hydrogen) atoms. The molecule has 0 bridgehead atoms. The standard InChI is InChI=1S/C15H15FN2O2S/c1-10-6-7-21-14(10)15(20)18(2)9-13(19)17-12-5-3-4-11(16)8-12/h3-8H,9H2,1-2H3,(H,17,19). The van der Waals surface area contributed by atoms with Crippen LogP contribution in [0.3, 0.4) is 0 Å². The van der Waals surface area contributed by atoms with E-state index in [1.54, 1.807) is 13.1 Å². The lowest BCUT2D eigenvalue weighted by Crippen LogP contribution is -2.34. The van der Waals surface area contributed by atoms with Gasteiger partial charge in [0.2, 0.25) is 5.91 Å². The first kappa shape index (κ1) is 15.2. The second kappa shape index (κ2) is 6.49. The highest BCUT2D eigenvalue weighted by Gasteiger charge is 2.17. The number of amides is 2. The van der Waals surface area contributed by atoms with Crippen molar-refractivity contribution in [2.24, 2.45) is 0 Å². The highest BCUT2D eigenvalue weighted by atomic mass is 32.1. The maximum Gasteiger partial charge on any atom is 0.264 e. The second-order valence-electron chi connectivity index (χ2n) is 4.65. The van der Waals surface area contributed by atoms with Crippen LogP contribution in [0.15, 0.2) is 35.7 Å². The van der Waals surface area contributed by atoms with E-state index in [2.05, 4.69) is 5.32 Å². The molecule has 1 aromatic carbocycles. The van der Waals surface area contributed by atoms with Gasteiger partial charge in [0, 0.05) is 12.7 Å². The number of hydrogen-bond acceptors (Lipinski definition) is 3. The van der Waals surface area contributed by atoms with E-state index in [-0.39, 0.29) is 18.4 Å². The van der Waals surface area contributed by atoms with Crippen LogP contribution in [0.1, 0.15) is 15.2 Å². The smallest absolute Gasteiger partial charge is 0.264 e. The zero-order valence-electron chi connectivity index (χ0n) is 11.7. The van der Waals surface area contributed by atoms with Crippen molar-refractivity contribution in [3.05, 3.63) is 52.0 Å². The van der Waals surface area contributed by atoms with E-state index >= 15 is 0 Å². The minimum absolute atomic E-state index is 0.0906. The molecule has 0 saturated carbocycles. The topological polar surface area (TPSA) is 49.4 Å². The summed E-state index contributed by atoms with van der Waals surface area (Å²) < 4.78 is 13.0. The molecular weight excluding hydrogens is 291 g/mol. The Hall–Kier alpha value is -2.21. The number of nitrogens with zero attached hydrogens (tertiary/aromatic N) is 1. The largest absolute Gasteiger partial charge is 0.332 e. The van der Waals surface area contributed by atoms with E-state index in [9.17, 15) is 14.0 Å². The van der Waals surface area contributed by atoms with Crippen LogP contribution in [0.4, 0.5) is 10.1 Å². The van der Waals surface area contributed by atoms with Crippen LogP contribution in [0.2, 0.25) is 0 Å². The monoisotopic (exact) mass is 306 g/mol. The molecule has 0 spiro atoms. The summed E-state index contributed by atoms with van der Waals surface area (Å²) in [6, 6.07) is 7.48. The van der Waals surface area contributed by atoms with Crippen molar-refractivity contribution >= 4 is 28.8 Å². The lowest BCUT2D eigenvalue weighted by molar-refractivity contribution is -0.116. The van der Waals surface area contributed by atoms with Crippen molar-refractivity contribution in [3.8, 4) is 0 Å². The number of carbonyl (C=O) groups excluding carboxylic acids is 2. The van der Waals surface area contributed by atoms with Gasteiger partial charge in [-0.05, 0) is 42.1 Å². The summed E-state index contributed by atoms with van der Waals surface area (Å²) in [6.07, 6.45) is 0. The summed E-state index contributed by atoms with van der Waals surface area (Å²) in [5, 5.41) is 4.40. The summed E-state index contributed by atoms with van der Waals surface area (Å²) in [5.41, 5.74) is 1.26. The predicted molar refractivity (Wildman–Crippen MR) is 81.0 cm³/mol. The van der Waals surface area contributed by atoms with Gasteiger partial charge in [-0.1, -0.05) is 6.07 Å². The first-order chi connectivity index (χ1) is 9.97. The second-order valence-corrected chi connectivity index (χ2v) is 5.57. The molecular formula is C15H15FN2O2S. The minimum Gasteiger partial charge on any atom is -0.332 e. The number of rotatable bonds is 4. The van der Waals surface area contributed by atoms with Crippen LogP contribution in [-0.2, 0) is 4.79 Å². The first-order valence-electron chi connectivity index (χ1n) is 6.32. The molecule has 0 unspecified atom stereocenters. The Bertz CT molecular complexity index is 669. The summed E-state index contributed by atoms with van der Waals surface area (Å²) in [4.78, 5) is 26.0. The number of anilines is 1. The number of benzene rings is 1. The average Bonchev–Trinajstić information content (AvgIpc) is 2.83. The molecule has 0 saturated heterocycles. The van der Waals surface area contributed by atoms with Crippen LogP contribution in [0.5, 0.6) is 0 Å². The molecule has 1 aromatic heterocycles. The molecule has 0 aliphatic heterocycles. The Balaban J connectivity index is 1.96. The lowest BCUT2D eigenvalue weighted by atomic mass is 10.2. The Morgan fingerprint density at radius 2 is 2.10 bits per heavy atom. The molecule has 4 nitrogen and oxygen atoms in total. The van der Waals surface area contributed by atoms with Crippen LogP contribution >= 0.6 is 11.3 Å². The van der Waals surface area contributed by atoms with Gasteiger partial charge >= 0.3 is 0 Å². The van der Waals surface area contributed by atoms with Crippen molar-refractivity contribution in [1.82, 2.24) is 4.90 Å². The SMILES string of the molecule is Cc1ccsc1C(=O)N(C)CC(=O)Nc1cccc(F)c1. The van der Waals surface area contributed by atoms with Gasteiger partial charge in [0.15, 0.2) is 0 Å². The van der Waals surface area contributed by atoms with Crippen molar-refractivity contribution in [3.63, 3.8) is 0 Å². The lowest BCUT2D eigenvalue weighted by Gasteiger charge is -2.16. The molecule has 2 aromatic rings. The Labute approximate surface area is 126 Å². The molecule has 2 rings (SSSR count). The number of hydrogen-bond donors (Lipinski definition) is 1. The summed E-state index contributed by atoms with van der Waals surface area (Å²) in [5.74, 6) is -0.992. The maximum atomic E-state index is 13.0. The molecule has 0 aliphatic rings. The molecule has 1 N–H and O–H groups in total. The van der Waals surface area contributed by atoms with Crippen LogP contribution in [-0.4, -0.2) is 30.3 Å². The third kappa shape index (κ3) is 3.88.